The molecule has 0 aliphatic rings. The van der Waals surface area contributed by atoms with Crippen molar-refractivity contribution in [3.63, 3.8) is 0 Å². The van der Waals surface area contributed by atoms with E-state index in [0.29, 0.717) is 13.0 Å². The number of carboxylic acids is 1. The van der Waals surface area contributed by atoms with Gasteiger partial charge in [0.1, 0.15) is 6.04 Å². The number of thioether (sulfide) groups is 1. The smallest absolute Gasteiger partial charge is 0.320 e. The van der Waals surface area contributed by atoms with Crippen molar-refractivity contribution >= 4 is 23.6 Å². The molecule has 1 unspecified atom stereocenters. The largest absolute Gasteiger partial charge is 0.480 e. The van der Waals surface area contributed by atoms with Crippen LogP contribution in [-0.4, -0.2) is 41.9 Å². The number of hydrogen-bond donors (Lipinski definition) is 3. The Morgan fingerprint density at radius 3 is 2.62 bits per heavy atom. The lowest BCUT2D eigenvalue weighted by Gasteiger charge is -2.13. The molecule has 0 heterocycles. The van der Waals surface area contributed by atoms with E-state index < -0.39 is 12.0 Å². The molecule has 1 atom stereocenters. The summed E-state index contributed by atoms with van der Waals surface area (Å²) in [6.07, 6.45) is 1.28. The van der Waals surface area contributed by atoms with E-state index in [1.54, 1.807) is 11.8 Å². The fraction of sp³-hybridized carbons (Fsp3) is 0.467. The maximum Gasteiger partial charge on any atom is 0.320 e. The number of benzene rings is 1. The van der Waals surface area contributed by atoms with Crippen LogP contribution < -0.4 is 10.6 Å². The molecule has 116 valence electrons. The van der Waals surface area contributed by atoms with Crippen molar-refractivity contribution in [1.82, 2.24) is 10.6 Å². The third-order valence-corrected chi connectivity index (χ3v) is 3.83. The van der Waals surface area contributed by atoms with Crippen molar-refractivity contribution in [3.05, 3.63) is 30.3 Å². The van der Waals surface area contributed by atoms with Crippen LogP contribution in [0.4, 0.5) is 0 Å². The molecule has 0 saturated heterocycles. The predicted molar refractivity (Wildman–Crippen MR) is 84.5 cm³/mol. The lowest BCUT2D eigenvalue weighted by atomic mass is 10.2. The van der Waals surface area contributed by atoms with E-state index in [4.69, 9.17) is 5.11 Å². The first-order chi connectivity index (χ1) is 10.1. The van der Waals surface area contributed by atoms with Crippen molar-refractivity contribution in [3.8, 4) is 0 Å². The minimum atomic E-state index is -0.913. The molecule has 3 N–H and O–H groups in total. The minimum Gasteiger partial charge on any atom is -0.480 e. The number of amides is 1. The first-order valence-corrected chi connectivity index (χ1v) is 8.02. The lowest BCUT2D eigenvalue weighted by Crippen LogP contribution is -2.43. The highest BCUT2D eigenvalue weighted by atomic mass is 32.2. The molecule has 0 spiro atoms. The first kappa shape index (κ1) is 17.5. The summed E-state index contributed by atoms with van der Waals surface area (Å²) in [6.45, 7) is 2.51. The summed E-state index contributed by atoms with van der Waals surface area (Å²) in [6, 6.07) is 9.31. The van der Waals surface area contributed by atoms with Gasteiger partial charge in [0.2, 0.25) is 5.91 Å². The number of rotatable bonds is 10. The Morgan fingerprint density at radius 1 is 1.29 bits per heavy atom. The number of hydrogen-bond acceptors (Lipinski definition) is 4. The summed E-state index contributed by atoms with van der Waals surface area (Å²) < 4.78 is 0. The summed E-state index contributed by atoms with van der Waals surface area (Å²) in [5.41, 5.74) is 0. The Hall–Kier alpha value is -1.53. The topological polar surface area (TPSA) is 78.4 Å². The van der Waals surface area contributed by atoms with Crippen LogP contribution in [0.25, 0.3) is 0 Å². The van der Waals surface area contributed by atoms with Crippen molar-refractivity contribution in [2.75, 3.05) is 18.8 Å². The highest BCUT2D eigenvalue weighted by Gasteiger charge is 2.16. The molecular formula is C15H22N2O3S. The molecule has 0 fully saturated rings. The summed E-state index contributed by atoms with van der Waals surface area (Å²) >= 11 is 1.67. The Labute approximate surface area is 129 Å². The van der Waals surface area contributed by atoms with Crippen LogP contribution >= 0.6 is 11.8 Å². The molecule has 0 saturated carbocycles. The zero-order valence-electron chi connectivity index (χ0n) is 12.2. The van der Waals surface area contributed by atoms with Crippen molar-refractivity contribution in [2.45, 2.75) is 30.7 Å². The Bertz CT molecular complexity index is 440. The molecule has 0 aromatic heterocycles. The summed E-state index contributed by atoms with van der Waals surface area (Å²) in [5.74, 6) is -0.303. The predicted octanol–water partition coefficient (Wildman–Crippen LogP) is 1.74. The van der Waals surface area contributed by atoms with Gasteiger partial charge < -0.3 is 10.4 Å². The maximum absolute atomic E-state index is 11.6. The number of carbonyl (C=O) groups is 2. The molecule has 0 radical (unpaired) electrons. The van der Waals surface area contributed by atoms with Gasteiger partial charge in [-0.1, -0.05) is 31.5 Å². The Balaban J connectivity index is 2.15. The van der Waals surface area contributed by atoms with E-state index >= 15 is 0 Å². The molecule has 21 heavy (non-hydrogen) atoms. The molecule has 0 bridgehead atoms. The van der Waals surface area contributed by atoms with Crippen LogP contribution in [0.1, 0.15) is 19.8 Å². The summed E-state index contributed by atoms with van der Waals surface area (Å²) in [5, 5.41) is 14.5. The van der Waals surface area contributed by atoms with E-state index in [-0.39, 0.29) is 12.5 Å². The highest BCUT2D eigenvalue weighted by Crippen LogP contribution is 2.15. The second kappa shape index (κ2) is 10.2. The number of carbonyl (C=O) groups excluding carboxylic acids is 1. The average Bonchev–Trinajstić information content (AvgIpc) is 2.48. The molecule has 0 aliphatic carbocycles. The minimum absolute atomic E-state index is 0.0347. The van der Waals surface area contributed by atoms with Crippen molar-refractivity contribution in [2.24, 2.45) is 0 Å². The third-order valence-electron chi connectivity index (χ3n) is 2.82. The SMILES string of the molecule is CCCC(NCC(=O)NCCSc1ccccc1)C(=O)O. The van der Waals surface area contributed by atoms with Gasteiger partial charge in [0.25, 0.3) is 0 Å². The molecule has 1 aromatic carbocycles. The number of aliphatic carboxylic acids is 1. The Morgan fingerprint density at radius 2 is 2.00 bits per heavy atom. The van der Waals surface area contributed by atoms with E-state index in [0.717, 1.165) is 12.2 Å². The molecule has 0 aliphatic heterocycles. The van der Waals surface area contributed by atoms with Crippen LogP contribution in [0.3, 0.4) is 0 Å². The van der Waals surface area contributed by atoms with Crippen LogP contribution in [0.2, 0.25) is 0 Å². The van der Waals surface area contributed by atoms with Crippen LogP contribution in [0.5, 0.6) is 0 Å². The quantitative estimate of drug-likeness (QED) is 0.453. The maximum atomic E-state index is 11.6. The van der Waals surface area contributed by atoms with Crippen LogP contribution in [0.15, 0.2) is 35.2 Å². The second-order valence-electron chi connectivity index (χ2n) is 4.57. The van der Waals surface area contributed by atoms with Gasteiger partial charge in [-0.25, -0.2) is 0 Å². The molecule has 5 nitrogen and oxygen atoms in total. The van der Waals surface area contributed by atoms with E-state index in [1.807, 2.05) is 37.3 Å². The van der Waals surface area contributed by atoms with Crippen molar-refractivity contribution in [1.29, 1.82) is 0 Å². The first-order valence-electron chi connectivity index (χ1n) is 7.04. The number of carboxylic acid groups (broad SMARTS) is 1. The van der Waals surface area contributed by atoms with Crippen LogP contribution in [-0.2, 0) is 9.59 Å². The third kappa shape index (κ3) is 7.72. The van der Waals surface area contributed by atoms with Gasteiger partial charge in [0.15, 0.2) is 0 Å². The number of nitrogens with one attached hydrogen (secondary N) is 2. The highest BCUT2D eigenvalue weighted by molar-refractivity contribution is 7.99. The lowest BCUT2D eigenvalue weighted by molar-refractivity contribution is -0.139. The average molecular weight is 310 g/mol. The fourth-order valence-corrected chi connectivity index (χ4v) is 2.55. The van der Waals surface area contributed by atoms with Gasteiger partial charge in [-0.05, 0) is 18.6 Å². The summed E-state index contributed by atoms with van der Waals surface area (Å²) in [4.78, 5) is 23.7. The van der Waals surface area contributed by atoms with E-state index in [1.165, 1.54) is 4.90 Å². The van der Waals surface area contributed by atoms with Crippen molar-refractivity contribution < 1.29 is 14.7 Å². The monoisotopic (exact) mass is 310 g/mol. The fourth-order valence-electron chi connectivity index (χ4n) is 1.76. The zero-order valence-corrected chi connectivity index (χ0v) is 13.0. The summed E-state index contributed by atoms with van der Waals surface area (Å²) in [7, 11) is 0. The van der Waals surface area contributed by atoms with E-state index in [9.17, 15) is 9.59 Å². The van der Waals surface area contributed by atoms with Gasteiger partial charge in [0.05, 0.1) is 6.54 Å². The van der Waals surface area contributed by atoms with Crippen LogP contribution in [0, 0.1) is 0 Å². The van der Waals surface area contributed by atoms with Gasteiger partial charge >= 0.3 is 5.97 Å². The standard InChI is InChI=1S/C15H22N2O3S/c1-2-6-13(15(19)20)17-11-14(18)16-9-10-21-12-7-4-3-5-8-12/h3-5,7-8,13,17H,2,6,9-11H2,1H3,(H,16,18)(H,19,20). The van der Waals surface area contributed by atoms with Gasteiger partial charge in [-0.15, -0.1) is 11.8 Å². The molecule has 1 amide bonds. The molecular weight excluding hydrogens is 288 g/mol. The Kier molecular flexibility index (Phi) is 8.54. The van der Waals surface area contributed by atoms with Gasteiger partial charge in [-0.2, -0.15) is 0 Å². The normalized spacial score (nSPS) is 11.9. The van der Waals surface area contributed by atoms with E-state index in [2.05, 4.69) is 10.6 Å². The molecule has 1 aromatic rings. The molecule has 6 heteroatoms. The molecule has 1 rings (SSSR count). The second-order valence-corrected chi connectivity index (χ2v) is 5.74. The van der Waals surface area contributed by atoms with Gasteiger partial charge in [-0.3, -0.25) is 14.9 Å². The van der Waals surface area contributed by atoms with Gasteiger partial charge in [0, 0.05) is 17.2 Å². The zero-order chi connectivity index (χ0) is 15.5.